The van der Waals surface area contributed by atoms with E-state index in [4.69, 9.17) is 14.2 Å². The molecule has 2 rings (SSSR count). The van der Waals surface area contributed by atoms with Crippen molar-refractivity contribution in [1.29, 1.82) is 0 Å². The average molecular weight is 300 g/mol. The highest BCUT2D eigenvalue weighted by Gasteiger charge is 2.14. The van der Waals surface area contributed by atoms with Gasteiger partial charge in [0.25, 0.3) is 0 Å². The fourth-order valence-electron chi connectivity index (χ4n) is 2.02. The number of rotatable bonds is 6. The van der Waals surface area contributed by atoms with Crippen molar-refractivity contribution in [2.45, 2.75) is 6.92 Å². The van der Waals surface area contributed by atoms with Gasteiger partial charge in [0.1, 0.15) is 0 Å². The molecule has 2 aromatic carbocycles. The highest BCUT2D eigenvalue weighted by atomic mass is 16.5. The number of para-hydroxylation sites is 1. The van der Waals surface area contributed by atoms with Gasteiger partial charge >= 0.3 is 0 Å². The van der Waals surface area contributed by atoms with Crippen LogP contribution in [0.3, 0.4) is 0 Å². The summed E-state index contributed by atoms with van der Waals surface area (Å²) in [6, 6.07) is 13.5. The smallest absolute Gasteiger partial charge is 0.203 e. The number of nitrogens with zero attached hydrogens (tertiary/aromatic N) is 1. The molecule has 0 fully saturated rings. The molecule has 0 spiro atoms. The zero-order valence-electron chi connectivity index (χ0n) is 13.2. The Balaban J connectivity index is 2.31. The highest BCUT2D eigenvalue weighted by molar-refractivity contribution is 6.00. The second-order valence-electron chi connectivity index (χ2n) is 4.59. The monoisotopic (exact) mass is 300 g/mol. The molecule has 5 heteroatoms. The van der Waals surface area contributed by atoms with Crippen LogP contribution in [0.1, 0.15) is 12.5 Å². The SMILES string of the molecule is COc1cc(C(C)=NNc2ccccc2)cc(OC)c1OC. The van der Waals surface area contributed by atoms with Gasteiger partial charge in [0.05, 0.1) is 32.7 Å². The zero-order chi connectivity index (χ0) is 15.9. The van der Waals surface area contributed by atoms with Gasteiger partial charge in [0.15, 0.2) is 11.5 Å². The maximum atomic E-state index is 5.35. The number of nitrogens with one attached hydrogen (secondary N) is 1. The molecule has 0 unspecified atom stereocenters. The van der Waals surface area contributed by atoms with Gasteiger partial charge in [-0.05, 0) is 31.2 Å². The van der Waals surface area contributed by atoms with Crippen LogP contribution in [0.4, 0.5) is 5.69 Å². The molecule has 0 aliphatic carbocycles. The molecule has 0 aliphatic rings. The molecule has 22 heavy (non-hydrogen) atoms. The number of methoxy groups -OCH3 is 3. The van der Waals surface area contributed by atoms with Crippen LogP contribution < -0.4 is 19.6 Å². The van der Waals surface area contributed by atoms with Crippen molar-refractivity contribution in [3.8, 4) is 17.2 Å². The van der Waals surface area contributed by atoms with Crippen LogP contribution in [-0.2, 0) is 0 Å². The van der Waals surface area contributed by atoms with Gasteiger partial charge in [-0.15, -0.1) is 0 Å². The summed E-state index contributed by atoms with van der Waals surface area (Å²) in [6.07, 6.45) is 0. The lowest BCUT2D eigenvalue weighted by Crippen LogP contribution is -2.03. The molecular formula is C17H20N2O3. The van der Waals surface area contributed by atoms with Crippen molar-refractivity contribution in [3.05, 3.63) is 48.0 Å². The number of hydrazone groups is 1. The normalized spacial score (nSPS) is 11.0. The Kier molecular flexibility index (Phi) is 5.25. The Morgan fingerprint density at radius 2 is 1.50 bits per heavy atom. The Morgan fingerprint density at radius 1 is 0.909 bits per heavy atom. The van der Waals surface area contributed by atoms with Crippen LogP contribution in [-0.4, -0.2) is 27.0 Å². The van der Waals surface area contributed by atoms with Crippen molar-refractivity contribution in [2.24, 2.45) is 5.10 Å². The van der Waals surface area contributed by atoms with E-state index in [2.05, 4.69) is 10.5 Å². The van der Waals surface area contributed by atoms with Crippen LogP contribution in [0.2, 0.25) is 0 Å². The molecule has 0 radical (unpaired) electrons. The van der Waals surface area contributed by atoms with E-state index in [9.17, 15) is 0 Å². The molecule has 2 aromatic rings. The van der Waals surface area contributed by atoms with E-state index in [1.54, 1.807) is 21.3 Å². The standard InChI is InChI=1S/C17H20N2O3/c1-12(18-19-14-8-6-5-7-9-14)13-10-15(20-2)17(22-4)16(11-13)21-3/h5-11,19H,1-4H3. The first-order valence-electron chi connectivity index (χ1n) is 6.85. The van der Waals surface area contributed by atoms with Crippen LogP contribution in [0.15, 0.2) is 47.6 Å². The molecule has 1 N–H and O–H groups in total. The second-order valence-corrected chi connectivity index (χ2v) is 4.59. The Hall–Kier alpha value is -2.69. The van der Waals surface area contributed by atoms with Crippen LogP contribution >= 0.6 is 0 Å². The second kappa shape index (κ2) is 7.36. The topological polar surface area (TPSA) is 52.1 Å². The Bertz CT molecular complexity index is 629. The number of anilines is 1. The van der Waals surface area contributed by atoms with Gasteiger partial charge in [-0.25, -0.2) is 0 Å². The fourth-order valence-corrected chi connectivity index (χ4v) is 2.02. The van der Waals surface area contributed by atoms with Crippen LogP contribution in [0.5, 0.6) is 17.2 Å². The number of benzene rings is 2. The van der Waals surface area contributed by atoms with Crippen molar-refractivity contribution < 1.29 is 14.2 Å². The molecule has 0 saturated carbocycles. The van der Waals surface area contributed by atoms with E-state index < -0.39 is 0 Å². The molecule has 116 valence electrons. The zero-order valence-corrected chi connectivity index (χ0v) is 13.2. The third-order valence-corrected chi connectivity index (χ3v) is 3.21. The van der Waals surface area contributed by atoms with E-state index >= 15 is 0 Å². The molecule has 0 amide bonds. The summed E-state index contributed by atoms with van der Waals surface area (Å²) in [6.45, 7) is 1.91. The van der Waals surface area contributed by atoms with Crippen molar-refractivity contribution in [1.82, 2.24) is 0 Å². The minimum absolute atomic E-state index is 0.567. The summed E-state index contributed by atoms with van der Waals surface area (Å²) in [5, 5.41) is 4.39. The van der Waals surface area contributed by atoms with Crippen molar-refractivity contribution in [3.63, 3.8) is 0 Å². The first kappa shape index (κ1) is 15.7. The predicted molar refractivity (Wildman–Crippen MR) is 88.4 cm³/mol. The average Bonchev–Trinajstić information content (AvgIpc) is 2.59. The lowest BCUT2D eigenvalue weighted by molar-refractivity contribution is 0.324. The minimum Gasteiger partial charge on any atom is -0.493 e. The molecule has 5 nitrogen and oxygen atoms in total. The summed E-state index contributed by atoms with van der Waals surface area (Å²) < 4.78 is 16.0. The number of ether oxygens (including phenoxy) is 3. The summed E-state index contributed by atoms with van der Waals surface area (Å²) in [5.41, 5.74) is 5.64. The summed E-state index contributed by atoms with van der Waals surface area (Å²) >= 11 is 0. The maximum Gasteiger partial charge on any atom is 0.203 e. The molecule has 0 saturated heterocycles. The molecular weight excluding hydrogens is 280 g/mol. The molecule has 0 bridgehead atoms. The Morgan fingerprint density at radius 3 is 2.00 bits per heavy atom. The summed E-state index contributed by atoms with van der Waals surface area (Å²) in [7, 11) is 4.77. The van der Waals surface area contributed by atoms with E-state index in [1.807, 2.05) is 49.4 Å². The molecule has 0 aromatic heterocycles. The van der Waals surface area contributed by atoms with Gasteiger partial charge in [0.2, 0.25) is 5.75 Å². The maximum absolute atomic E-state index is 5.35. The molecule has 0 aliphatic heterocycles. The van der Waals surface area contributed by atoms with E-state index in [0.29, 0.717) is 17.2 Å². The third kappa shape index (κ3) is 3.49. The first-order valence-corrected chi connectivity index (χ1v) is 6.85. The van der Waals surface area contributed by atoms with Crippen molar-refractivity contribution >= 4 is 11.4 Å². The minimum atomic E-state index is 0.567. The largest absolute Gasteiger partial charge is 0.493 e. The van der Waals surface area contributed by atoms with Gasteiger partial charge in [-0.3, -0.25) is 5.43 Å². The van der Waals surface area contributed by atoms with Gasteiger partial charge in [-0.1, -0.05) is 18.2 Å². The number of hydrogen-bond donors (Lipinski definition) is 1. The van der Waals surface area contributed by atoms with Crippen LogP contribution in [0.25, 0.3) is 0 Å². The predicted octanol–water partition coefficient (Wildman–Crippen LogP) is 3.55. The lowest BCUT2D eigenvalue weighted by Gasteiger charge is -2.14. The van der Waals surface area contributed by atoms with E-state index in [0.717, 1.165) is 17.0 Å². The summed E-state index contributed by atoms with van der Waals surface area (Å²) in [4.78, 5) is 0. The quantitative estimate of drug-likeness (QED) is 0.655. The lowest BCUT2D eigenvalue weighted by atomic mass is 10.1. The van der Waals surface area contributed by atoms with Crippen LogP contribution in [0, 0.1) is 0 Å². The van der Waals surface area contributed by atoms with Gasteiger partial charge in [-0.2, -0.15) is 5.10 Å². The van der Waals surface area contributed by atoms with Crippen molar-refractivity contribution in [2.75, 3.05) is 26.8 Å². The van der Waals surface area contributed by atoms with E-state index in [1.165, 1.54) is 0 Å². The first-order chi connectivity index (χ1) is 10.7. The van der Waals surface area contributed by atoms with Gasteiger partial charge < -0.3 is 14.2 Å². The van der Waals surface area contributed by atoms with Gasteiger partial charge in [0, 0.05) is 5.56 Å². The van der Waals surface area contributed by atoms with E-state index in [-0.39, 0.29) is 0 Å². The molecule has 0 heterocycles. The highest BCUT2D eigenvalue weighted by Crippen LogP contribution is 2.38. The molecule has 0 atom stereocenters. The Labute approximate surface area is 130 Å². The fraction of sp³-hybridized carbons (Fsp3) is 0.235. The third-order valence-electron chi connectivity index (χ3n) is 3.21. The summed E-state index contributed by atoms with van der Waals surface area (Å²) in [5.74, 6) is 1.77. The number of hydrogen-bond acceptors (Lipinski definition) is 5.